The summed E-state index contributed by atoms with van der Waals surface area (Å²) in [5, 5.41) is 6.84. The van der Waals surface area contributed by atoms with Gasteiger partial charge in [-0.3, -0.25) is 14.9 Å². The zero-order valence-electron chi connectivity index (χ0n) is 30.7. The van der Waals surface area contributed by atoms with Crippen LogP contribution in [0.15, 0.2) is 78.0 Å². The number of aromatic nitrogens is 4. The van der Waals surface area contributed by atoms with E-state index in [9.17, 15) is 23.6 Å². The number of nitrogens with zero attached hydrogens (tertiary/aromatic N) is 5. The van der Waals surface area contributed by atoms with Gasteiger partial charge in [0.05, 0.1) is 5.56 Å². The Bertz CT molecular complexity index is 2240. The van der Waals surface area contributed by atoms with Gasteiger partial charge in [0.2, 0.25) is 11.9 Å². The Hall–Kier alpha value is -5.85. The van der Waals surface area contributed by atoms with Crippen LogP contribution in [-0.4, -0.2) is 61.6 Å². The number of hydrogen-bond acceptors (Lipinski definition) is 8. The molecule has 5 aromatic rings. The van der Waals surface area contributed by atoms with Crippen molar-refractivity contribution in [1.82, 2.24) is 24.0 Å². The topological polar surface area (TPSA) is 140 Å². The van der Waals surface area contributed by atoms with Crippen molar-refractivity contribution >= 4 is 40.6 Å². The summed E-state index contributed by atoms with van der Waals surface area (Å²) in [5.41, 5.74) is 2.90. The van der Waals surface area contributed by atoms with E-state index in [0.29, 0.717) is 30.3 Å². The maximum Gasteiger partial charge on any atom is 0.419 e. The molecule has 7 rings (SSSR count). The molecule has 12 nitrogen and oxygen atoms in total. The van der Waals surface area contributed by atoms with Gasteiger partial charge >= 0.3 is 12.1 Å². The third kappa shape index (κ3) is 7.75. The van der Waals surface area contributed by atoms with E-state index < -0.39 is 23.3 Å². The lowest BCUT2D eigenvalue weighted by molar-refractivity contribution is -0.135. The fourth-order valence-corrected chi connectivity index (χ4v) is 7.05. The number of ether oxygens (including phenoxy) is 1. The highest BCUT2D eigenvalue weighted by Crippen LogP contribution is 2.38. The molecule has 2 amide bonds. The molecule has 1 aliphatic heterocycles. The fraction of sp³-hybridized carbons (Fsp3) is 0.366. The van der Waals surface area contributed by atoms with Crippen LogP contribution in [0, 0.1) is 11.7 Å². The molecule has 2 fully saturated rings. The highest BCUT2D eigenvalue weighted by atomic mass is 19.1. The largest absolute Gasteiger partial charge is 0.419 e. The van der Waals surface area contributed by atoms with Gasteiger partial charge in [0.15, 0.2) is 5.43 Å². The van der Waals surface area contributed by atoms with E-state index in [4.69, 9.17) is 9.72 Å². The van der Waals surface area contributed by atoms with Crippen molar-refractivity contribution in [2.24, 2.45) is 5.92 Å². The average Bonchev–Trinajstić information content (AvgIpc) is 3.95. The smallest absolute Gasteiger partial charge is 0.371 e. The number of nitrogens with one attached hydrogen (secondary N) is 2. The first-order chi connectivity index (χ1) is 26.1. The number of halogens is 1. The average molecular weight is 734 g/mol. The van der Waals surface area contributed by atoms with Crippen LogP contribution < -0.4 is 16.1 Å². The lowest BCUT2D eigenvalue weighted by Crippen LogP contribution is -2.41. The van der Waals surface area contributed by atoms with Crippen LogP contribution in [-0.2, 0) is 9.53 Å². The van der Waals surface area contributed by atoms with Gasteiger partial charge in [-0.1, -0.05) is 51.5 Å². The molecule has 2 N–H and O–H groups in total. The predicted molar refractivity (Wildman–Crippen MR) is 205 cm³/mol. The first-order valence-corrected chi connectivity index (χ1v) is 18.7. The van der Waals surface area contributed by atoms with Gasteiger partial charge in [0.25, 0.3) is 0 Å². The molecule has 1 saturated heterocycles. The second-order valence-electron chi connectivity index (χ2n) is 14.3. The SMILES string of the molecule is CCCCNc1ncc2c(-c3ccc(NC(=O)OC(=O)c4c(-c5ccc(F)cc5)c(=O)ccn4C4CC4)cc3)cn(C3CCN(C(=O)C(C)C)CC3)c2n1. The third-order valence-electron chi connectivity index (χ3n) is 10.1. The predicted octanol–water partition coefficient (Wildman–Crippen LogP) is 7.82. The first-order valence-electron chi connectivity index (χ1n) is 18.7. The highest BCUT2D eigenvalue weighted by Gasteiger charge is 2.32. The van der Waals surface area contributed by atoms with Crippen molar-refractivity contribution < 1.29 is 23.5 Å². The van der Waals surface area contributed by atoms with Crippen LogP contribution in [0.25, 0.3) is 33.3 Å². The summed E-state index contributed by atoms with van der Waals surface area (Å²) in [4.78, 5) is 63.8. The number of amides is 2. The van der Waals surface area contributed by atoms with Crippen LogP contribution in [0.2, 0.25) is 0 Å². The standard InChI is InChI=1S/C41H44FN7O5/c1-4-5-19-43-40-44-23-32-33(24-49(37(32)46-40)31-16-20-47(21-17-31)38(51)25(2)3)26-8-12-29(13-9-26)45-41(53)54-39(52)36-35(27-6-10-28(42)11-7-27)34(50)18-22-48(36)30-14-15-30/h6-13,18,22-25,30-31H,4-5,14-17,19-21H2,1-3H3,(H,45,53)(H,43,44,46). The van der Waals surface area contributed by atoms with E-state index in [2.05, 4.69) is 33.3 Å². The second-order valence-corrected chi connectivity index (χ2v) is 14.3. The molecule has 0 unspecified atom stereocenters. The number of carbonyl (C=O) groups excluding carboxylic acids is 3. The Morgan fingerprint density at radius 3 is 2.28 bits per heavy atom. The number of rotatable bonds is 11. The number of carbonyl (C=O) groups is 3. The molecule has 4 heterocycles. The van der Waals surface area contributed by atoms with Crippen molar-refractivity contribution in [1.29, 1.82) is 0 Å². The van der Waals surface area contributed by atoms with E-state index in [-0.39, 0.29) is 35.2 Å². The fourth-order valence-electron chi connectivity index (χ4n) is 7.05. The van der Waals surface area contributed by atoms with Crippen molar-refractivity contribution in [2.75, 3.05) is 30.3 Å². The third-order valence-corrected chi connectivity index (χ3v) is 10.1. The number of piperidine rings is 1. The minimum absolute atomic E-state index is 0.00917. The number of fused-ring (bicyclic) bond motifs is 1. The highest BCUT2D eigenvalue weighted by molar-refractivity contribution is 6.03. The van der Waals surface area contributed by atoms with E-state index in [1.807, 2.05) is 37.1 Å². The van der Waals surface area contributed by atoms with Gasteiger partial charge in [-0.2, -0.15) is 4.98 Å². The van der Waals surface area contributed by atoms with Gasteiger partial charge in [-0.05, 0) is 67.5 Å². The molecule has 3 aromatic heterocycles. The lowest BCUT2D eigenvalue weighted by Gasteiger charge is -2.34. The molecule has 2 aromatic carbocycles. The van der Waals surface area contributed by atoms with Gasteiger partial charge in [0.1, 0.15) is 17.2 Å². The quantitative estimate of drug-likeness (QED) is 0.0796. The molecule has 0 spiro atoms. The summed E-state index contributed by atoms with van der Waals surface area (Å²) in [5.74, 6) is -0.765. The maximum atomic E-state index is 13.7. The number of hydrogen-bond donors (Lipinski definition) is 2. The summed E-state index contributed by atoms with van der Waals surface area (Å²) in [7, 11) is 0. The second kappa shape index (κ2) is 15.6. The van der Waals surface area contributed by atoms with Crippen molar-refractivity contribution in [3.05, 3.63) is 94.9 Å². The van der Waals surface area contributed by atoms with Crippen LogP contribution in [0.1, 0.15) is 81.9 Å². The molecule has 1 aliphatic carbocycles. The van der Waals surface area contributed by atoms with Crippen LogP contribution in [0.4, 0.5) is 20.8 Å². The number of unbranched alkanes of at least 4 members (excludes halogenated alkanes) is 1. The van der Waals surface area contributed by atoms with E-state index in [0.717, 1.165) is 67.2 Å². The summed E-state index contributed by atoms with van der Waals surface area (Å²) in [6.07, 6.45) is 9.73. The number of likely N-dealkylation sites (tertiary alicyclic amines) is 1. The summed E-state index contributed by atoms with van der Waals surface area (Å²) in [6, 6.07) is 13.9. The Kier molecular flexibility index (Phi) is 10.6. The molecule has 0 radical (unpaired) electrons. The Morgan fingerprint density at radius 1 is 0.926 bits per heavy atom. The van der Waals surface area contributed by atoms with Gasteiger partial charge in [-0.25, -0.2) is 19.0 Å². The minimum atomic E-state index is -1.01. The number of esters is 1. The van der Waals surface area contributed by atoms with Crippen LogP contribution >= 0.6 is 0 Å². The molecule has 2 aliphatic rings. The molecular weight excluding hydrogens is 689 g/mol. The zero-order valence-corrected chi connectivity index (χ0v) is 30.7. The zero-order chi connectivity index (χ0) is 37.9. The van der Waals surface area contributed by atoms with Crippen molar-refractivity contribution in [2.45, 2.75) is 71.4 Å². The molecule has 0 bridgehead atoms. The summed E-state index contributed by atoms with van der Waals surface area (Å²) in [6.45, 7) is 8.12. The number of pyridine rings is 1. The van der Waals surface area contributed by atoms with Crippen LogP contribution in [0.3, 0.4) is 0 Å². The Morgan fingerprint density at radius 2 is 1.61 bits per heavy atom. The Labute approximate surface area is 312 Å². The van der Waals surface area contributed by atoms with E-state index >= 15 is 0 Å². The molecular formula is C41H44FN7O5. The molecule has 0 atom stereocenters. The monoisotopic (exact) mass is 733 g/mol. The van der Waals surface area contributed by atoms with Gasteiger partial charge in [-0.15, -0.1) is 0 Å². The number of benzene rings is 2. The maximum absolute atomic E-state index is 13.7. The molecule has 1 saturated carbocycles. The van der Waals surface area contributed by atoms with Gasteiger partial charge < -0.3 is 24.1 Å². The molecule has 13 heteroatoms. The Balaban J connectivity index is 1.11. The van der Waals surface area contributed by atoms with E-state index in [1.54, 1.807) is 16.7 Å². The first kappa shape index (κ1) is 36.5. The number of anilines is 2. The molecule has 54 heavy (non-hydrogen) atoms. The lowest BCUT2D eigenvalue weighted by atomic mass is 10.0. The minimum Gasteiger partial charge on any atom is -0.371 e. The van der Waals surface area contributed by atoms with E-state index in [1.165, 1.54) is 36.5 Å². The van der Waals surface area contributed by atoms with Crippen molar-refractivity contribution in [3.8, 4) is 22.3 Å². The van der Waals surface area contributed by atoms with Crippen molar-refractivity contribution in [3.63, 3.8) is 0 Å². The normalized spacial score (nSPS) is 14.7. The van der Waals surface area contributed by atoms with Gasteiger partial charge in [0, 0.05) is 78.9 Å². The summed E-state index contributed by atoms with van der Waals surface area (Å²) < 4.78 is 22.8. The molecule has 280 valence electrons. The van der Waals surface area contributed by atoms with Crippen LogP contribution in [0.5, 0.6) is 0 Å². The summed E-state index contributed by atoms with van der Waals surface area (Å²) >= 11 is 0.